The number of ether oxygens (including phenoxy) is 1. The largest absolute Gasteiger partial charge is 0.465 e. The number of amides is 2. The number of aryl methyl sites for hydroxylation is 1. The van der Waals surface area contributed by atoms with Crippen LogP contribution in [0.15, 0.2) is 66.7 Å². The number of carbonyl (C=O) groups is 3. The number of nitrogens with one attached hydrogen (secondary N) is 3. The average molecular weight is 484 g/mol. The fourth-order valence-electron chi connectivity index (χ4n) is 5.03. The summed E-state index contributed by atoms with van der Waals surface area (Å²) in [6, 6.07) is 20.2. The molecular weight excluding hydrogens is 454 g/mol. The Labute approximate surface area is 210 Å². The second-order valence-corrected chi connectivity index (χ2v) is 9.30. The highest BCUT2D eigenvalue weighted by atomic mass is 16.5. The summed E-state index contributed by atoms with van der Waals surface area (Å²) in [4.78, 5) is 37.3. The molecule has 0 radical (unpaired) electrons. The second-order valence-electron chi connectivity index (χ2n) is 9.30. The van der Waals surface area contributed by atoms with E-state index < -0.39 is 5.97 Å². The molecule has 2 aliphatic rings. The Morgan fingerprint density at radius 2 is 1.69 bits per heavy atom. The quantitative estimate of drug-likeness (QED) is 0.478. The summed E-state index contributed by atoms with van der Waals surface area (Å²) in [6.45, 7) is 0.548. The molecule has 2 amide bonds. The average Bonchev–Trinajstić information content (AvgIpc) is 2.92. The molecule has 3 aromatic carbocycles. The fourth-order valence-corrected chi connectivity index (χ4v) is 5.03. The molecule has 2 atom stereocenters. The van der Waals surface area contributed by atoms with Crippen molar-refractivity contribution in [3.05, 3.63) is 100 Å². The molecule has 7 heteroatoms. The van der Waals surface area contributed by atoms with Crippen LogP contribution in [-0.4, -0.2) is 30.9 Å². The van der Waals surface area contributed by atoms with Gasteiger partial charge in [-0.25, -0.2) is 4.79 Å². The zero-order valence-corrected chi connectivity index (χ0v) is 20.2. The van der Waals surface area contributed by atoms with Crippen molar-refractivity contribution in [2.45, 2.75) is 44.3 Å². The Balaban J connectivity index is 1.21. The van der Waals surface area contributed by atoms with Gasteiger partial charge in [0.2, 0.25) is 5.91 Å². The number of carbonyl (C=O) groups excluding carboxylic acids is 3. The molecule has 0 saturated heterocycles. The Bertz CT molecular complexity index is 1300. The van der Waals surface area contributed by atoms with Crippen molar-refractivity contribution in [3.8, 4) is 0 Å². The molecule has 0 fully saturated rings. The van der Waals surface area contributed by atoms with E-state index in [0.717, 1.165) is 30.4 Å². The van der Waals surface area contributed by atoms with Crippen molar-refractivity contribution < 1.29 is 19.1 Å². The van der Waals surface area contributed by atoms with Gasteiger partial charge in [-0.15, -0.1) is 0 Å². The minimum Gasteiger partial charge on any atom is -0.465 e. The van der Waals surface area contributed by atoms with Gasteiger partial charge < -0.3 is 20.7 Å². The molecule has 5 rings (SSSR count). The molecule has 0 spiro atoms. The van der Waals surface area contributed by atoms with Crippen molar-refractivity contribution in [2.24, 2.45) is 0 Å². The van der Waals surface area contributed by atoms with Gasteiger partial charge in [0.05, 0.1) is 24.8 Å². The topological polar surface area (TPSA) is 96.5 Å². The molecule has 0 aromatic heterocycles. The fraction of sp³-hybridized carbons (Fsp3) is 0.276. The molecule has 36 heavy (non-hydrogen) atoms. The lowest BCUT2D eigenvalue weighted by Gasteiger charge is -2.30. The normalized spacial score (nSPS) is 18.4. The number of fused-ring (bicyclic) bond motifs is 2. The zero-order valence-electron chi connectivity index (χ0n) is 20.2. The standard InChI is InChI=1S/C29H29N3O4/c1-36-29(35)20-11-9-19(10-12-20)27(33)31-23-14-13-21-16-26(30-17-22(21)15-23)28(34)32-25-8-4-6-18-5-2-3-7-24(18)25/h2-3,5,7,9-15,25-26,30H,4,6,8,16-17H2,1H3,(H,31,33)(H,32,34). The maximum absolute atomic E-state index is 13.1. The lowest BCUT2D eigenvalue weighted by atomic mass is 9.87. The van der Waals surface area contributed by atoms with Crippen molar-refractivity contribution in [3.63, 3.8) is 0 Å². The minimum absolute atomic E-state index is 0.0233. The third-order valence-corrected chi connectivity index (χ3v) is 7.00. The Kier molecular flexibility index (Phi) is 6.82. The van der Waals surface area contributed by atoms with E-state index in [1.54, 1.807) is 24.3 Å². The van der Waals surface area contributed by atoms with Crippen LogP contribution in [0.1, 0.15) is 61.9 Å². The molecule has 1 heterocycles. The number of hydrogen-bond donors (Lipinski definition) is 3. The van der Waals surface area contributed by atoms with Crippen molar-refractivity contribution in [1.29, 1.82) is 0 Å². The first-order chi connectivity index (χ1) is 17.5. The number of hydrogen-bond acceptors (Lipinski definition) is 5. The van der Waals surface area contributed by atoms with E-state index in [2.05, 4.69) is 38.9 Å². The van der Waals surface area contributed by atoms with Crippen LogP contribution < -0.4 is 16.0 Å². The lowest BCUT2D eigenvalue weighted by Crippen LogP contribution is -2.48. The highest BCUT2D eigenvalue weighted by Gasteiger charge is 2.28. The first-order valence-electron chi connectivity index (χ1n) is 12.2. The van der Waals surface area contributed by atoms with Gasteiger partial charge in [0.15, 0.2) is 0 Å². The zero-order chi connectivity index (χ0) is 25.1. The molecule has 3 aromatic rings. The lowest BCUT2D eigenvalue weighted by molar-refractivity contribution is -0.124. The number of methoxy groups -OCH3 is 1. The summed E-state index contributed by atoms with van der Waals surface area (Å²) in [5.74, 6) is -0.685. The number of rotatable bonds is 5. The molecule has 0 saturated carbocycles. The SMILES string of the molecule is COC(=O)c1ccc(C(=O)Nc2ccc3c(c2)CNC(C(=O)NC2CCCc4ccccc42)C3)cc1. The molecule has 7 nitrogen and oxygen atoms in total. The molecular formula is C29H29N3O4. The Morgan fingerprint density at radius 1 is 0.917 bits per heavy atom. The van der Waals surface area contributed by atoms with Gasteiger partial charge in [0.25, 0.3) is 5.91 Å². The number of benzene rings is 3. The van der Waals surface area contributed by atoms with Gasteiger partial charge in [-0.1, -0.05) is 30.3 Å². The van der Waals surface area contributed by atoms with Crippen LogP contribution in [0.2, 0.25) is 0 Å². The van der Waals surface area contributed by atoms with Gasteiger partial charge in [0, 0.05) is 17.8 Å². The third kappa shape index (κ3) is 5.02. The summed E-state index contributed by atoms with van der Waals surface area (Å²) in [6.07, 6.45) is 3.70. The van der Waals surface area contributed by atoms with Crippen LogP contribution in [0.25, 0.3) is 0 Å². The van der Waals surface area contributed by atoms with Crippen LogP contribution in [0.4, 0.5) is 5.69 Å². The summed E-state index contributed by atoms with van der Waals surface area (Å²) in [5.41, 5.74) is 6.22. The predicted molar refractivity (Wildman–Crippen MR) is 137 cm³/mol. The van der Waals surface area contributed by atoms with Crippen LogP contribution in [0.3, 0.4) is 0 Å². The van der Waals surface area contributed by atoms with Crippen LogP contribution >= 0.6 is 0 Å². The van der Waals surface area contributed by atoms with Crippen LogP contribution in [0, 0.1) is 0 Å². The maximum Gasteiger partial charge on any atom is 0.337 e. The first kappa shape index (κ1) is 23.8. The maximum atomic E-state index is 13.1. The van der Waals surface area contributed by atoms with E-state index in [1.165, 1.54) is 18.2 Å². The first-order valence-corrected chi connectivity index (χ1v) is 12.2. The van der Waals surface area contributed by atoms with E-state index in [9.17, 15) is 14.4 Å². The molecule has 3 N–H and O–H groups in total. The van der Waals surface area contributed by atoms with Gasteiger partial charge in [0.1, 0.15) is 0 Å². The van der Waals surface area contributed by atoms with Gasteiger partial charge in [-0.3, -0.25) is 9.59 Å². The second kappa shape index (κ2) is 10.3. The molecule has 2 unspecified atom stereocenters. The highest BCUT2D eigenvalue weighted by Crippen LogP contribution is 2.30. The highest BCUT2D eigenvalue weighted by molar-refractivity contribution is 6.04. The minimum atomic E-state index is -0.445. The predicted octanol–water partition coefficient (Wildman–Crippen LogP) is 3.93. The molecule has 184 valence electrons. The monoisotopic (exact) mass is 483 g/mol. The number of esters is 1. The summed E-state index contributed by atoms with van der Waals surface area (Å²) in [5, 5.41) is 9.52. The van der Waals surface area contributed by atoms with E-state index in [-0.39, 0.29) is 23.9 Å². The van der Waals surface area contributed by atoms with Crippen LogP contribution in [-0.2, 0) is 28.9 Å². The summed E-state index contributed by atoms with van der Waals surface area (Å²) < 4.78 is 4.69. The van der Waals surface area contributed by atoms with Gasteiger partial charge in [-0.2, -0.15) is 0 Å². The number of anilines is 1. The van der Waals surface area contributed by atoms with E-state index in [4.69, 9.17) is 0 Å². The summed E-state index contributed by atoms with van der Waals surface area (Å²) in [7, 11) is 1.32. The third-order valence-electron chi connectivity index (χ3n) is 7.00. The van der Waals surface area contributed by atoms with Gasteiger partial charge >= 0.3 is 5.97 Å². The molecule has 1 aliphatic carbocycles. The Morgan fingerprint density at radius 3 is 2.50 bits per heavy atom. The van der Waals surface area contributed by atoms with Crippen molar-refractivity contribution >= 4 is 23.5 Å². The van der Waals surface area contributed by atoms with Crippen LogP contribution in [0.5, 0.6) is 0 Å². The van der Waals surface area contributed by atoms with E-state index >= 15 is 0 Å². The Hall–Kier alpha value is -3.97. The van der Waals surface area contributed by atoms with E-state index in [1.807, 2.05) is 24.3 Å². The van der Waals surface area contributed by atoms with Gasteiger partial charge in [-0.05, 0) is 84.3 Å². The van der Waals surface area contributed by atoms with E-state index in [0.29, 0.717) is 29.8 Å². The van der Waals surface area contributed by atoms with Crippen molar-refractivity contribution in [1.82, 2.24) is 10.6 Å². The molecule has 1 aliphatic heterocycles. The smallest absolute Gasteiger partial charge is 0.337 e. The summed E-state index contributed by atoms with van der Waals surface area (Å²) >= 11 is 0. The van der Waals surface area contributed by atoms with Crippen molar-refractivity contribution in [2.75, 3.05) is 12.4 Å². The molecule has 0 bridgehead atoms.